The molecule has 19 heavy (non-hydrogen) atoms. The molecule has 0 aliphatic carbocycles. The van der Waals surface area contributed by atoms with Crippen molar-refractivity contribution in [2.45, 2.75) is 47.0 Å². The van der Waals surface area contributed by atoms with E-state index in [9.17, 15) is 14.0 Å². The van der Waals surface area contributed by atoms with E-state index in [1.165, 1.54) is 0 Å². The summed E-state index contributed by atoms with van der Waals surface area (Å²) in [6, 6.07) is 0. The minimum absolute atomic E-state index is 0.139. The van der Waals surface area contributed by atoms with E-state index in [0.717, 1.165) is 0 Å². The van der Waals surface area contributed by atoms with Crippen LogP contribution in [0.15, 0.2) is 0 Å². The normalized spacial score (nSPS) is 32.8. The predicted molar refractivity (Wildman–Crippen MR) is 63.9 cm³/mol. The molecule has 0 unspecified atom stereocenters. The Morgan fingerprint density at radius 1 is 1.26 bits per heavy atom. The van der Waals surface area contributed by atoms with Gasteiger partial charge in [-0.2, -0.15) is 0 Å². The van der Waals surface area contributed by atoms with Gasteiger partial charge in [-0.05, 0) is 0 Å². The van der Waals surface area contributed by atoms with E-state index in [1.54, 1.807) is 11.4 Å². The van der Waals surface area contributed by atoms with E-state index < -0.39 is 57.1 Å². The van der Waals surface area contributed by atoms with Gasteiger partial charge < -0.3 is 0 Å². The summed E-state index contributed by atoms with van der Waals surface area (Å²) in [4.78, 5) is 0. The van der Waals surface area contributed by atoms with Crippen LogP contribution >= 0.6 is 0 Å². The minimum atomic E-state index is -3.06. The molecule has 1 saturated heterocycles. The van der Waals surface area contributed by atoms with Crippen LogP contribution in [0.25, 0.3) is 0 Å². The number of rotatable bonds is 6. The second kappa shape index (κ2) is 6.24. The maximum absolute atomic E-state index is 11.7. The first kappa shape index (κ1) is 17.1. The van der Waals surface area contributed by atoms with Crippen LogP contribution in [0, 0.1) is 0 Å². The first-order valence-electron chi connectivity index (χ1n) is 5.78. The van der Waals surface area contributed by atoms with E-state index in [-0.39, 0.29) is 5.21 Å². The van der Waals surface area contributed by atoms with Gasteiger partial charge in [-0.3, -0.25) is 0 Å². The summed E-state index contributed by atoms with van der Waals surface area (Å²) in [7, 11) is 0. The molecule has 1 heterocycles. The average molecular weight is 344 g/mol. The third-order valence-electron chi connectivity index (χ3n) is 2.67. The summed E-state index contributed by atoms with van der Waals surface area (Å²) in [5, 5.41) is 46.4. The van der Waals surface area contributed by atoms with Crippen LogP contribution < -0.4 is 0 Å². The van der Waals surface area contributed by atoms with Gasteiger partial charge >= 0.3 is 112 Å². The zero-order chi connectivity index (χ0) is 14.8. The number of aliphatic hydroxyl groups excluding tert-OH is 3. The van der Waals surface area contributed by atoms with Gasteiger partial charge in [0.1, 0.15) is 0 Å². The molecule has 5 N–H and O–H groups in total. The van der Waals surface area contributed by atoms with Crippen molar-refractivity contribution in [3.63, 3.8) is 0 Å². The second-order valence-corrected chi connectivity index (χ2v) is 12.6. The van der Waals surface area contributed by atoms with Crippen LogP contribution in [0.5, 0.6) is 0 Å². The molecule has 1 aliphatic rings. The molecular formula is C10H21AsO8. The predicted octanol–water partition coefficient (Wildman–Crippen LogP) is -2.24. The molecule has 0 bridgehead atoms. The zero-order valence-corrected chi connectivity index (χ0v) is 12.7. The molecule has 0 amide bonds. The monoisotopic (exact) mass is 344 g/mol. The number of ether oxygens (including phenoxy) is 2. The Balaban J connectivity index is 2.56. The Labute approximate surface area is 113 Å². The van der Waals surface area contributed by atoms with Crippen molar-refractivity contribution in [1.29, 1.82) is 0 Å². The van der Waals surface area contributed by atoms with Crippen LogP contribution in [-0.2, 0) is 13.2 Å². The van der Waals surface area contributed by atoms with Crippen molar-refractivity contribution in [2.24, 2.45) is 0 Å². The fourth-order valence-electron chi connectivity index (χ4n) is 1.70. The molecular weight excluding hydrogens is 323 g/mol. The Morgan fingerprint density at radius 2 is 1.84 bits per heavy atom. The van der Waals surface area contributed by atoms with Crippen molar-refractivity contribution in [3.05, 3.63) is 0 Å². The number of aliphatic hydroxyl groups is 5. The average Bonchev–Trinajstić information content (AvgIpc) is 2.53. The molecule has 1 fully saturated rings. The summed E-state index contributed by atoms with van der Waals surface area (Å²) >= 11 is -3.06. The number of hydrogen-bond donors (Lipinski definition) is 5. The van der Waals surface area contributed by atoms with Crippen molar-refractivity contribution >= 4 is 13.5 Å². The molecule has 0 aromatic heterocycles. The molecule has 8 nitrogen and oxygen atoms in total. The van der Waals surface area contributed by atoms with E-state index in [4.69, 9.17) is 24.8 Å². The molecule has 1 aliphatic heterocycles. The third-order valence-corrected chi connectivity index (χ3v) is 5.27. The topological polar surface area (TPSA) is 137 Å². The van der Waals surface area contributed by atoms with E-state index >= 15 is 0 Å². The second-order valence-electron chi connectivity index (χ2n) is 5.23. The summed E-state index contributed by atoms with van der Waals surface area (Å²) in [6.07, 6.45) is -4.70. The molecule has 0 radical (unpaired) electrons. The fraction of sp³-hybridized carbons (Fsp3) is 1.00. The number of hydrogen-bond acceptors (Lipinski definition) is 8. The standard InChI is InChI=1S/C10H21AsO8/c1-11(2,17)3-6-7(13)8(14)9(19-6)18-5-10(15,16)4-12/h6-9,12-16H,3-5H2,1-2H3/t6-,7-,8-,9-/m1/s1. The van der Waals surface area contributed by atoms with Crippen LogP contribution in [0.4, 0.5) is 0 Å². The van der Waals surface area contributed by atoms with Gasteiger partial charge in [0.2, 0.25) is 0 Å². The van der Waals surface area contributed by atoms with Crippen LogP contribution in [0.1, 0.15) is 0 Å². The summed E-state index contributed by atoms with van der Waals surface area (Å²) in [6.45, 7) is -1.63. The summed E-state index contributed by atoms with van der Waals surface area (Å²) in [5.74, 6) is -2.44. The maximum atomic E-state index is 11.7. The van der Waals surface area contributed by atoms with Crippen molar-refractivity contribution in [2.75, 3.05) is 13.2 Å². The van der Waals surface area contributed by atoms with E-state index in [2.05, 4.69) is 0 Å². The van der Waals surface area contributed by atoms with Gasteiger partial charge in [-0.1, -0.05) is 0 Å². The van der Waals surface area contributed by atoms with Crippen molar-refractivity contribution in [1.82, 2.24) is 0 Å². The third kappa shape index (κ3) is 5.17. The molecule has 0 spiro atoms. The Kier molecular flexibility index (Phi) is 5.62. The van der Waals surface area contributed by atoms with Gasteiger partial charge in [0.15, 0.2) is 0 Å². The fourth-order valence-corrected chi connectivity index (χ4v) is 4.15. The Bertz CT molecular complexity index is 340. The molecule has 0 aromatic carbocycles. The summed E-state index contributed by atoms with van der Waals surface area (Å²) < 4.78 is 21.9. The van der Waals surface area contributed by atoms with Crippen LogP contribution in [0.2, 0.25) is 16.6 Å². The van der Waals surface area contributed by atoms with E-state index in [1.807, 2.05) is 0 Å². The first-order chi connectivity index (χ1) is 8.56. The van der Waals surface area contributed by atoms with Gasteiger partial charge in [-0.15, -0.1) is 0 Å². The van der Waals surface area contributed by atoms with Crippen LogP contribution in [0.3, 0.4) is 0 Å². The molecule has 0 saturated carbocycles. The van der Waals surface area contributed by atoms with Gasteiger partial charge in [0, 0.05) is 0 Å². The van der Waals surface area contributed by atoms with Gasteiger partial charge in [-0.25, -0.2) is 0 Å². The Hall–Kier alpha value is 0.0784. The van der Waals surface area contributed by atoms with Gasteiger partial charge in [0.25, 0.3) is 0 Å². The molecule has 0 aromatic rings. The van der Waals surface area contributed by atoms with Gasteiger partial charge in [0.05, 0.1) is 0 Å². The molecule has 114 valence electrons. The molecule has 1 rings (SSSR count). The molecule has 4 atom stereocenters. The van der Waals surface area contributed by atoms with Crippen molar-refractivity contribution in [3.8, 4) is 0 Å². The van der Waals surface area contributed by atoms with Crippen molar-refractivity contribution < 1.29 is 38.7 Å². The zero-order valence-electron chi connectivity index (χ0n) is 10.8. The summed E-state index contributed by atoms with van der Waals surface area (Å²) in [5.41, 5.74) is 3.18. The quantitative estimate of drug-likeness (QED) is 0.269. The van der Waals surface area contributed by atoms with Crippen LogP contribution in [-0.4, -0.2) is 82.6 Å². The molecule has 9 heteroatoms. The Morgan fingerprint density at radius 3 is 2.32 bits per heavy atom. The SMILES string of the molecule is C[As](C)(=O)C[C@H]1O[C@@H](OCC(O)(O)CO)[C@H](O)[C@@H]1O. The van der Waals surface area contributed by atoms with E-state index in [0.29, 0.717) is 0 Å². The first-order valence-corrected chi connectivity index (χ1v) is 11.6.